The van der Waals surface area contributed by atoms with E-state index in [-0.39, 0.29) is 23.8 Å². The van der Waals surface area contributed by atoms with Gasteiger partial charge < -0.3 is 20.5 Å². The van der Waals surface area contributed by atoms with E-state index in [4.69, 9.17) is 21.4 Å². The number of hydrogen-bond acceptors (Lipinski definition) is 4. The van der Waals surface area contributed by atoms with Crippen LogP contribution in [0.3, 0.4) is 0 Å². The summed E-state index contributed by atoms with van der Waals surface area (Å²) < 4.78 is 5.94. The highest BCUT2D eigenvalue weighted by Crippen LogP contribution is 2.43. The second kappa shape index (κ2) is 10.9. The maximum Gasteiger partial charge on any atom is 0.306 e. The summed E-state index contributed by atoms with van der Waals surface area (Å²) in [7, 11) is 0. The first-order chi connectivity index (χ1) is 16.4. The fourth-order valence-corrected chi connectivity index (χ4v) is 4.53. The number of carboxylic acids is 1. The third-order valence-corrected chi connectivity index (χ3v) is 6.76. The molecule has 0 bridgehead atoms. The van der Waals surface area contributed by atoms with Crippen LogP contribution in [0.2, 0.25) is 5.02 Å². The number of carboxylic acid groups (broad SMARTS) is 1. The molecule has 0 heterocycles. The van der Waals surface area contributed by atoms with Crippen LogP contribution in [0.5, 0.6) is 5.75 Å². The molecule has 3 N–H and O–H groups in total. The number of carbonyl (C=O) groups is 3. The van der Waals surface area contributed by atoms with E-state index in [1.54, 1.807) is 36.4 Å². The number of aliphatic carboxylic acids is 1. The lowest BCUT2D eigenvalue weighted by Crippen LogP contribution is -2.34. The van der Waals surface area contributed by atoms with E-state index in [1.165, 1.54) is 0 Å². The number of nitrogens with one attached hydrogen (secondary N) is 2. The second-order valence-electron chi connectivity index (χ2n) is 8.98. The molecule has 0 unspecified atom stereocenters. The standard InChI is InChI=1S/C26H29ClN2O5/c27-23-12-7-19(15-22(23)16-1-2-16)25(31)29-14-13-28-24(30)17-3-8-20(9-4-17)34-21-10-5-18(6-11-21)26(32)33/h3-4,7-9,12,15-16,18,21H,1-2,5-6,10-11,13-14H2,(H,28,30)(H,29,31)(H,32,33). The zero-order valence-corrected chi connectivity index (χ0v) is 19.6. The van der Waals surface area contributed by atoms with Crippen LogP contribution in [0.15, 0.2) is 42.5 Å². The van der Waals surface area contributed by atoms with E-state index < -0.39 is 5.97 Å². The van der Waals surface area contributed by atoms with Gasteiger partial charge in [-0.2, -0.15) is 0 Å². The summed E-state index contributed by atoms with van der Waals surface area (Å²) >= 11 is 6.22. The van der Waals surface area contributed by atoms with Crippen molar-refractivity contribution in [3.8, 4) is 5.75 Å². The highest BCUT2D eigenvalue weighted by molar-refractivity contribution is 6.31. The van der Waals surface area contributed by atoms with Crippen LogP contribution in [0.4, 0.5) is 0 Å². The summed E-state index contributed by atoms with van der Waals surface area (Å²) in [6, 6.07) is 12.2. The van der Waals surface area contributed by atoms with Crippen molar-refractivity contribution < 1.29 is 24.2 Å². The SMILES string of the molecule is O=C(NCCNC(=O)c1ccc(Cl)c(C2CC2)c1)c1ccc(OC2CCC(C(=O)O)CC2)cc1. The van der Waals surface area contributed by atoms with E-state index in [0.717, 1.165) is 18.4 Å². The summed E-state index contributed by atoms with van der Waals surface area (Å²) in [6.45, 7) is 0.616. The molecule has 2 amide bonds. The van der Waals surface area contributed by atoms with Gasteiger partial charge in [0.2, 0.25) is 0 Å². The van der Waals surface area contributed by atoms with Crippen LogP contribution < -0.4 is 15.4 Å². The third kappa shape index (κ3) is 6.29. The third-order valence-electron chi connectivity index (χ3n) is 6.41. The van der Waals surface area contributed by atoms with Gasteiger partial charge in [-0.1, -0.05) is 11.6 Å². The number of carbonyl (C=O) groups excluding carboxylic acids is 2. The number of benzene rings is 2. The first-order valence-electron chi connectivity index (χ1n) is 11.8. The number of hydrogen-bond donors (Lipinski definition) is 3. The smallest absolute Gasteiger partial charge is 0.306 e. The molecule has 2 aliphatic rings. The van der Waals surface area contributed by atoms with Crippen molar-refractivity contribution in [2.75, 3.05) is 13.1 Å². The molecule has 34 heavy (non-hydrogen) atoms. The Kier molecular flexibility index (Phi) is 7.73. The van der Waals surface area contributed by atoms with Gasteiger partial charge in [-0.3, -0.25) is 14.4 Å². The zero-order chi connectivity index (χ0) is 24.1. The highest BCUT2D eigenvalue weighted by atomic mass is 35.5. The Morgan fingerprint density at radius 1 is 0.853 bits per heavy atom. The van der Waals surface area contributed by atoms with Crippen LogP contribution in [-0.4, -0.2) is 42.1 Å². The summed E-state index contributed by atoms with van der Waals surface area (Å²) in [5.74, 6) is -0.306. The van der Waals surface area contributed by atoms with Gasteiger partial charge in [0.05, 0.1) is 12.0 Å². The number of ether oxygens (including phenoxy) is 1. The maximum absolute atomic E-state index is 12.4. The van der Waals surface area contributed by atoms with Gasteiger partial charge in [-0.25, -0.2) is 0 Å². The van der Waals surface area contributed by atoms with Gasteiger partial charge in [0.25, 0.3) is 11.8 Å². The van der Waals surface area contributed by atoms with Crippen molar-refractivity contribution in [1.29, 1.82) is 0 Å². The van der Waals surface area contributed by atoms with Gasteiger partial charge >= 0.3 is 5.97 Å². The van der Waals surface area contributed by atoms with Crippen LogP contribution in [-0.2, 0) is 4.79 Å². The van der Waals surface area contributed by atoms with E-state index in [1.807, 2.05) is 6.07 Å². The van der Waals surface area contributed by atoms with Gasteiger partial charge in [-0.15, -0.1) is 0 Å². The summed E-state index contributed by atoms with van der Waals surface area (Å²) in [6.07, 6.45) is 4.88. The van der Waals surface area contributed by atoms with E-state index in [2.05, 4.69) is 10.6 Å². The largest absolute Gasteiger partial charge is 0.490 e. The fraction of sp³-hybridized carbons (Fsp3) is 0.423. The van der Waals surface area contributed by atoms with E-state index in [0.29, 0.717) is 66.6 Å². The molecule has 7 nitrogen and oxygen atoms in total. The van der Waals surface area contributed by atoms with Crippen LogP contribution in [0, 0.1) is 5.92 Å². The molecule has 2 aliphatic carbocycles. The number of halogens is 1. The van der Waals surface area contributed by atoms with Crippen molar-refractivity contribution >= 4 is 29.4 Å². The molecule has 2 saturated carbocycles. The summed E-state index contributed by atoms with van der Waals surface area (Å²) in [5, 5.41) is 15.4. The molecular weight excluding hydrogens is 456 g/mol. The van der Waals surface area contributed by atoms with Crippen LogP contribution >= 0.6 is 11.6 Å². The molecule has 4 rings (SSSR count). The molecular formula is C26H29ClN2O5. The Balaban J connectivity index is 1.18. The Labute approximate surface area is 203 Å². The lowest BCUT2D eigenvalue weighted by atomic mass is 9.87. The molecule has 0 spiro atoms. The highest BCUT2D eigenvalue weighted by Gasteiger charge is 2.27. The Morgan fingerprint density at radius 3 is 2.03 bits per heavy atom. The van der Waals surface area contributed by atoms with Crippen LogP contribution in [0.1, 0.15) is 70.7 Å². The number of amides is 2. The predicted octanol–water partition coefficient (Wildman–Crippen LogP) is 4.40. The van der Waals surface area contributed by atoms with Crippen molar-refractivity contribution in [2.24, 2.45) is 5.92 Å². The minimum absolute atomic E-state index is 0.000109. The van der Waals surface area contributed by atoms with E-state index in [9.17, 15) is 14.4 Å². The lowest BCUT2D eigenvalue weighted by molar-refractivity contribution is -0.143. The molecule has 0 radical (unpaired) electrons. The molecule has 0 saturated heterocycles. The number of rotatable bonds is 9. The molecule has 2 aromatic carbocycles. The first-order valence-corrected chi connectivity index (χ1v) is 12.1. The minimum Gasteiger partial charge on any atom is -0.490 e. The topological polar surface area (TPSA) is 105 Å². The van der Waals surface area contributed by atoms with Gasteiger partial charge in [0.15, 0.2) is 0 Å². The predicted molar refractivity (Wildman–Crippen MR) is 129 cm³/mol. The lowest BCUT2D eigenvalue weighted by Gasteiger charge is -2.26. The maximum atomic E-state index is 12.4. The molecule has 0 aromatic heterocycles. The zero-order valence-electron chi connectivity index (χ0n) is 18.9. The molecule has 0 atom stereocenters. The van der Waals surface area contributed by atoms with Crippen molar-refractivity contribution in [3.63, 3.8) is 0 Å². The Morgan fingerprint density at radius 2 is 1.44 bits per heavy atom. The minimum atomic E-state index is -0.735. The monoisotopic (exact) mass is 484 g/mol. The summed E-state index contributed by atoms with van der Waals surface area (Å²) in [5.41, 5.74) is 2.10. The van der Waals surface area contributed by atoms with E-state index >= 15 is 0 Å². The van der Waals surface area contributed by atoms with Gasteiger partial charge in [0.1, 0.15) is 5.75 Å². The van der Waals surface area contributed by atoms with Crippen molar-refractivity contribution in [3.05, 3.63) is 64.2 Å². The Hall–Kier alpha value is -3.06. The van der Waals surface area contributed by atoms with Gasteiger partial charge in [0, 0.05) is 29.2 Å². The quantitative estimate of drug-likeness (QED) is 0.457. The van der Waals surface area contributed by atoms with Crippen LogP contribution in [0.25, 0.3) is 0 Å². The molecule has 180 valence electrons. The van der Waals surface area contributed by atoms with Gasteiger partial charge in [-0.05, 0) is 92.5 Å². The Bertz CT molecular complexity index is 1040. The summed E-state index contributed by atoms with van der Waals surface area (Å²) in [4.78, 5) is 35.9. The van der Waals surface area contributed by atoms with Crippen molar-refractivity contribution in [2.45, 2.75) is 50.5 Å². The average molecular weight is 485 g/mol. The first kappa shape index (κ1) is 24.1. The second-order valence-corrected chi connectivity index (χ2v) is 9.38. The molecule has 2 fully saturated rings. The average Bonchev–Trinajstić information content (AvgIpc) is 3.68. The molecule has 0 aliphatic heterocycles. The fourth-order valence-electron chi connectivity index (χ4n) is 4.25. The normalized spacial score (nSPS) is 19.8. The molecule has 2 aromatic rings. The molecule has 8 heteroatoms. The van der Waals surface area contributed by atoms with Crippen molar-refractivity contribution in [1.82, 2.24) is 10.6 Å².